The van der Waals surface area contributed by atoms with Gasteiger partial charge >= 0.3 is 0 Å². The molecule has 2 aromatic heterocycles. The minimum absolute atomic E-state index is 0.0260. The first kappa shape index (κ1) is 17.4. The van der Waals surface area contributed by atoms with Crippen molar-refractivity contribution in [1.29, 1.82) is 0 Å². The maximum atomic E-state index is 12.2. The summed E-state index contributed by atoms with van der Waals surface area (Å²) >= 11 is 0. The molecular weight excluding hydrogens is 364 g/mol. The minimum atomic E-state index is -0.0260. The average Bonchev–Trinajstić information content (AvgIpc) is 3.47. The fraction of sp³-hybridized carbons (Fsp3) is 0.182. The van der Waals surface area contributed by atoms with Gasteiger partial charge in [-0.1, -0.05) is 42.5 Å². The van der Waals surface area contributed by atoms with E-state index in [2.05, 4.69) is 42.7 Å². The number of fused-ring (bicyclic) bond motifs is 1. The fourth-order valence-electron chi connectivity index (χ4n) is 3.16. The Bertz CT molecular complexity index is 1150. The van der Waals surface area contributed by atoms with Crippen LogP contribution in [0.25, 0.3) is 22.6 Å². The lowest BCUT2D eigenvalue weighted by Crippen LogP contribution is -2.25. The number of imidazole rings is 1. The predicted molar refractivity (Wildman–Crippen MR) is 111 cm³/mol. The smallest absolute Gasteiger partial charge is 0.251 e. The van der Waals surface area contributed by atoms with Crippen LogP contribution in [0.2, 0.25) is 0 Å². The third kappa shape index (κ3) is 3.80. The van der Waals surface area contributed by atoms with Crippen LogP contribution in [-0.2, 0) is 6.54 Å². The summed E-state index contributed by atoms with van der Waals surface area (Å²) in [6, 6.07) is 17.9. The van der Waals surface area contributed by atoms with Crippen molar-refractivity contribution in [3.8, 4) is 11.4 Å². The van der Waals surface area contributed by atoms with Gasteiger partial charge in [-0.2, -0.15) is 0 Å². The number of benzene rings is 2. The Morgan fingerprint density at radius 2 is 1.83 bits per heavy atom. The molecule has 0 unspecified atom stereocenters. The second-order valence-electron chi connectivity index (χ2n) is 7.17. The zero-order valence-corrected chi connectivity index (χ0v) is 15.7. The zero-order chi connectivity index (χ0) is 19.6. The van der Waals surface area contributed by atoms with Gasteiger partial charge in [-0.3, -0.25) is 4.79 Å². The van der Waals surface area contributed by atoms with Crippen LogP contribution in [0.15, 0.2) is 60.9 Å². The average molecular weight is 384 g/mol. The lowest BCUT2D eigenvalue weighted by atomic mass is 10.1. The number of nitrogens with zero attached hydrogens (tertiary/aromatic N) is 3. The van der Waals surface area contributed by atoms with Crippen LogP contribution in [0.1, 0.15) is 28.8 Å². The Labute approximate surface area is 167 Å². The molecule has 7 nitrogen and oxygen atoms in total. The van der Waals surface area contributed by atoms with E-state index in [1.807, 2.05) is 42.5 Å². The highest BCUT2D eigenvalue weighted by Crippen LogP contribution is 2.24. The Morgan fingerprint density at radius 1 is 1.03 bits per heavy atom. The number of anilines is 1. The van der Waals surface area contributed by atoms with Crippen LogP contribution in [0.5, 0.6) is 0 Å². The highest BCUT2D eigenvalue weighted by Gasteiger charge is 2.23. The molecule has 4 aromatic rings. The van der Waals surface area contributed by atoms with E-state index in [1.54, 1.807) is 0 Å². The van der Waals surface area contributed by atoms with Crippen molar-refractivity contribution in [3.05, 3.63) is 72.1 Å². The number of aromatic amines is 1. The van der Waals surface area contributed by atoms with Crippen LogP contribution in [-0.4, -0.2) is 31.9 Å². The van der Waals surface area contributed by atoms with E-state index in [-0.39, 0.29) is 5.91 Å². The Hall–Kier alpha value is -3.74. The number of hydrogen-bond donors (Lipinski definition) is 3. The first-order chi connectivity index (χ1) is 14.3. The number of H-pyrrole nitrogens is 1. The van der Waals surface area contributed by atoms with Gasteiger partial charge < -0.3 is 15.6 Å². The maximum absolute atomic E-state index is 12.2. The van der Waals surface area contributed by atoms with Gasteiger partial charge in [0, 0.05) is 23.7 Å². The van der Waals surface area contributed by atoms with Crippen molar-refractivity contribution in [2.24, 2.45) is 0 Å². The summed E-state index contributed by atoms with van der Waals surface area (Å²) in [4.78, 5) is 28.7. The second kappa shape index (κ2) is 7.35. The number of carbonyl (C=O) groups excluding carboxylic acids is 1. The van der Waals surface area contributed by atoms with Crippen LogP contribution in [0.4, 0.5) is 5.82 Å². The predicted octanol–water partition coefficient (Wildman–Crippen LogP) is 3.52. The monoisotopic (exact) mass is 384 g/mol. The summed E-state index contributed by atoms with van der Waals surface area (Å²) in [5, 5.41) is 6.34. The third-order valence-corrected chi connectivity index (χ3v) is 4.92. The molecule has 0 bridgehead atoms. The first-order valence-corrected chi connectivity index (χ1v) is 9.66. The van der Waals surface area contributed by atoms with Gasteiger partial charge in [0.25, 0.3) is 5.91 Å². The number of rotatable bonds is 6. The molecule has 2 heterocycles. The summed E-state index contributed by atoms with van der Waals surface area (Å²) in [6.07, 6.45) is 3.65. The van der Waals surface area contributed by atoms with Gasteiger partial charge in [0.2, 0.25) is 0 Å². The molecule has 1 amide bonds. The van der Waals surface area contributed by atoms with Crippen molar-refractivity contribution >= 4 is 22.9 Å². The number of carbonyl (C=O) groups is 1. The molecule has 0 radical (unpaired) electrons. The topological polar surface area (TPSA) is 95.6 Å². The summed E-state index contributed by atoms with van der Waals surface area (Å²) in [5.41, 5.74) is 4.07. The highest BCUT2D eigenvalue weighted by atomic mass is 16.1. The molecule has 1 saturated carbocycles. The van der Waals surface area contributed by atoms with E-state index < -0.39 is 0 Å². The van der Waals surface area contributed by atoms with E-state index in [9.17, 15) is 4.79 Å². The molecule has 3 N–H and O–H groups in total. The number of nitrogens with one attached hydrogen (secondary N) is 3. The van der Waals surface area contributed by atoms with Gasteiger partial charge in [-0.15, -0.1) is 0 Å². The molecule has 0 aliphatic heterocycles. The van der Waals surface area contributed by atoms with Crippen molar-refractivity contribution in [3.63, 3.8) is 0 Å². The first-order valence-electron chi connectivity index (χ1n) is 9.66. The van der Waals surface area contributed by atoms with Crippen LogP contribution < -0.4 is 10.6 Å². The van der Waals surface area contributed by atoms with Gasteiger partial charge in [0.15, 0.2) is 11.5 Å². The third-order valence-electron chi connectivity index (χ3n) is 4.92. The molecule has 1 aliphatic rings. The van der Waals surface area contributed by atoms with Crippen molar-refractivity contribution < 1.29 is 4.79 Å². The molecule has 1 fully saturated rings. The Kier molecular flexibility index (Phi) is 4.40. The standard InChI is InChI=1S/C22H20N6O/c29-22(26-17-10-11-17)16-8-6-15(7-9-16)19-27-18-20(24-13-25-21(18)28-19)23-12-14-4-2-1-3-5-14/h1-9,13,17H,10-12H2,(H,26,29)(H2,23,24,25,27,28). The molecule has 144 valence electrons. The molecule has 0 saturated heterocycles. The van der Waals surface area contributed by atoms with E-state index in [0.29, 0.717) is 35.4 Å². The lowest BCUT2D eigenvalue weighted by Gasteiger charge is -2.05. The molecule has 5 rings (SSSR count). The molecule has 0 atom stereocenters. The summed E-state index contributed by atoms with van der Waals surface area (Å²) in [5.74, 6) is 1.37. The van der Waals surface area contributed by atoms with E-state index >= 15 is 0 Å². The van der Waals surface area contributed by atoms with Gasteiger partial charge in [0.1, 0.15) is 17.7 Å². The Morgan fingerprint density at radius 3 is 2.59 bits per heavy atom. The van der Waals surface area contributed by atoms with E-state index in [4.69, 9.17) is 0 Å². The summed E-state index contributed by atoms with van der Waals surface area (Å²) < 4.78 is 0. The maximum Gasteiger partial charge on any atom is 0.251 e. The Balaban J connectivity index is 1.37. The zero-order valence-electron chi connectivity index (χ0n) is 15.7. The fourth-order valence-corrected chi connectivity index (χ4v) is 3.16. The molecule has 29 heavy (non-hydrogen) atoms. The SMILES string of the molecule is O=C(NC1CC1)c1ccc(-c2nc3ncnc(NCc4ccccc4)c3[nH]2)cc1. The summed E-state index contributed by atoms with van der Waals surface area (Å²) in [6.45, 7) is 0.659. The molecule has 7 heteroatoms. The van der Waals surface area contributed by atoms with Crippen LogP contribution >= 0.6 is 0 Å². The lowest BCUT2D eigenvalue weighted by molar-refractivity contribution is 0.0951. The van der Waals surface area contributed by atoms with Crippen molar-refractivity contribution in [1.82, 2.24) is 25.3 Å². The van der Waals surface area contributed by atoms with E-state index in [0.717, 1.165) is 23.9 Å². The van der Waals surface area contributed by atoms with Crippen molar-refractivity contribution in [2.75, 3.05) is 5.32 Å². The summed E-state index contributed by atoms with van der Waals surface area (Å²) in [7, 11) is 0. The largest absolute Gasteiger partial charge is 0.364 e. The number of amides is 1. The van der Waals surface area contributed by atoms with Gasteiger partial charge in [-0.05, 0) is 30.5 Å². The van der Waals surface area contributed by atoms with Crippen LogP contribution in [0, 0.1) is 0 Å². The second-order valence-corrected chi connectivity index (χ2v) is 7.17. The minimum Gasteiger partial charge on any atom is -0.364 e. The molecular formula is C22H20N6O. The molecule has 0 spiro atoms. The van der Waals surface area contributed by atoms with Crippen LogP contribution in [0.3, 0.4) is 0 Å². The number of aromatic nitrogens is 4. The molecule has 2 aromatic carbocycles. The molecule has 1 aliphatic carbocycles. The van der Waals surface area contributed by atoms with Gasteiger partial charge in [0.05, 0.1) is 0 Å². The van der Waals surface area contributed by atoms with Gasteiger partial charge in [-0.25, -0.2) is 15.0 Å². The highest BCUT2D eigenvalue weighted by molar-refractivity contribution is 5.95. The number of hydrogen-bond acceptors (Lipinski definition) is 5. The van der Waals surface area contributed by atoms with Crippen molar-refractivity contribution in [2.45, 2.75) is 25.4 Å². The normalized spacial score (nSPS) is 13.4. The quantitative estimate of drug-likeness (QED) is 0.473. The van der Waals surface area contributed by atoms with E-state index in [1.165, 1.54) is 11.9 Å².